The Balaban J connectivity index is 2.31. The third kappa shape index (κ3) is 2.23. The van der Waals surface area contributed by atoms with Gasteiger partial charge in [-0.15, -0.1) is 0 Å². The van der Waals surface area contributed by atoms with Crippen LogP contribution in [0.1, 0.15) is 17.5 Å². The molecule has 0 saturated heterocycles. The van der Waals surface area contributed by atoms with Gasteiger partial charge in [0, 0.05) is 18.7 Å². The Kier molecular flexibility index (Phi) is 3.90. The number of halogens is 1. The summed E-state index contributed by atoms with van der Waals surface area (Å²) in [6.45, 7) is 1.12. The van der Waals surface area contributed by atoms with E-state index >= 15 is 0 Å². The molecule has 4 nitrogen and oxygen atoms in total. The van der Waals surface area contributed by atoms with E-state index in [4.69, 9.17) is 22.1 Å². The largest absolute Gasteiger partial charge is 0.383 e. The number of fused-ring (bicyclic) bond motifs is 1. The molecule has 1 aromatic carbocycles. The molecule has 1 aliphatic rings. The maximum Gasteiger partial charge on any atom is 0.242 e. The van der Waals surface area contributed by atoms with E-state index in [1.807, 2.05) is 12.1 Å². The molecule has 1 amide bonds. The fourth-order valence-corrected chi connectivity index (χ4v) is 2.73. The highest BCUT2D eigenvalue weighted by Gasteiger charge is 2.43. The van der Waals surface area contributed by atoms with Crippen molar-refractivity contribution in [3.8, 4) is 0 Å². The van der Waals surface area contributed by atoms with Crippen molar-refractivity contribution in [2.24, 2.45) is 5.73 Å². The van der Waals surface area contributed by atoms with E-state index in [1.165, 1.54) is 0 Å². The number of nitrogens with two attached hydrogens (primary N) is 1. The van der Waals surface area contributed by atoms with Gasteiger partial charge in [0.1, 0.15) is 5.54 Å². The number of benzene rings is 1. The molecule has 5 heteroatoms. The van der Waals surface area contributed by atoms with Crippen molar-refractivity contribution in [2.45, 2.75) is 18.4 Å². The van der Waals surface area contributed by atoms with Crippen LogP contribution in [0, 0.1) is 0 Å². The van der Waals surface area contributed by atoms with Gasteiger partial charge >= 0.3 is 0 Å². The van der Waals surface area contributed by atoms with Gasteiger partial charge in [0.2, 0.25) is 5.91 Å². The summed E-state index contributed by atoms with van der Waals surface area (Å²) in [4.78, 5) is 11.9. The maximum absolute atomic E-state index is 11.9. The number of hydrogen-bond donors (Lipinski definition) is 2. The first-order valence-corrected chi connectivity index (χ1v) is 6.31. The molecule has 18 heavy (non-hydrogen) atoms. The van der Waals surface area contributed by atoms with Gasteiger partial charge in [-0.2, -0.15) is 0 Å². The van der Waals surface area contributed by atoms with E-state index in [2.05, 4.69) is 5.32 Å². The Labute approximate surface area is 111 Å². The molecule has 0 aliphatic heterocycles. The highest BCUT2D eigenvalue weighted by Crippen LogP contribution is 2.37. The summed E-state index contributed by atoms with van der Waals surface area (Å²) in [6.07, 6.45) is 1.47. The lowest BCUT2D eigenvalue weighted by Gasteiger charge is -2.28. The minimum Gasteiger partial charge on any atom is -0.383 e. The van der Waals surface area contributed by atoms with E-state index in [9.17, 15) is 4.79 Å². The lowest BCUT2D eigenvalue weighted by molar-refractivity contribution is -0.124. The van der Waals surface area contributed by atoms with Crippen LogP contribution in [-0.2, 0) is 21.5 Å². The van der Waals surface area contributed by atoms with Crippen molar-refractivity contribution in [3.05, 3.63) is 34.3 Å². The molecule has 0 saturated carbocycles. The molecular formula is C13H17ClN2O2. The molecule has 0 bridgehead atoms. The first kappa shape index (κ1) is 13.3. The number of methoxy groups -OCH3 is 1. The van der Waals surface area contributed by atoms with Crippen molar-refractivity contribution in [1.29, 1.82) is 0 Å². The van der Waals surface area contributed by atoms with Crippen LogP contribution in [0.5, 0.6) is 0 Å². The van der Waals surface area contributed by atoms with Crippen molar-refractivity contribution in [2.75, 3.05) is 20.3 Å². The first-order chi connectivity index (χ1) is 8.60. The van der Waals surface area contributed by atoms with Crippen molar-refractivity contribution < 1.29 is 9.53 Å². The Bertz CT molecular complexity index is 464. The van der Waals surface area contributed by atoms with Gasteiger partial charge in [-0.05, 0) is 36.1 Å². The number of carbonyl (C=O) groups excluding carboxylic acids is 1. The summed E-state index contributed by atoms with van der Waals surface area (Å²) >= 11 is 5.97. The van der Waals surface area contributed by atoms with E-state index in [-0.39, 0.29) is 5.91 Å². The monoisotopic (exact) mass is 268 g/mol. The topological polar surface area (TPSA) is 64.3 Å². The van der Waals surface area contributed by atoms with Crippen LogP contribution >= 0.6 is 11.6 Å². The van der Waals surface area contributed by atoms with E-state index in [0.717, 1.165) is 17.5 Å². The zero-order chi connectivity index (χ0) is 13.2. The number of amides is 1. The second-order valence-corrected chi connectivity index (χ2v) is 4.93. The summed E-state index contributed by atoms with van der Waals surface area (Å²) in [5.74, 6) is -0.348. The molecule has 0 fully saturated rings. The van der Waals surface area contributed by atoms with Gasteiger partial charge in [0.25, 0.3) is 0 Å². The maximum atomic E-state index is 11.9. The number of nitrogens with one attached hydrogen (secondary N) is 1. The van der Waals surface area contributed by atoms with Crippen molar-refractivity contribution in [3.63, 3.8) is 0 Å². The molecule has 0 spiro atoms. The molecule has 1 aliphatic carbocycles. The highest BCUT2D eigenvalue weighted by molar-refractivity contribution is 6.30. The van der Waals surface area contributed by atoms with Crippen LogP contribution < -0.4 is 11.1 Å². The Morgan fingerprint density at radius 3 is 3.06 bits per heavy atom. The number of hydrogen-bond acceptors (Lipinski definition) is 3. The molecule has 1 aromatic rings. The SMILES string of the molecule is COCCNC1(C(N)=O)CCc2cc(Cl)ccc21. The fraction of sp³-hybridized carbons (Fsp3) is 0.462. The molecule has 1 atom stereocenters. The predicted molar refractivity (Wildman–Crippen MR) is 70.5 cm³/mol. The Morgan fingerprint density at radius 1 is 1.61 bits per heavy atom. The number of rotatable bonds is 5. The summed E-state index contributed by atoms with van der Waals surface area (Å²) in [5.41, 5.74) is 6.84. The van der Waals surface area contributed by atoms with Gasteiger partial charge < -0.3 is 10.5 Å². The standard InChI is InChI=1S/C13H17ClN2O2/c1-18-7-6-16-13(12(15)17)5-4-9-8-10(14)2-3-11(9)13/h2-3,8,16H,4-7H2,1H3,(H2,15,17). The second-order valence-electron chi connectivity index (χ2n) is 4.49. The van der Waals surface area contributed by atoms with Crippen LogP contribution in [0.2, 0.25) is 5.02 Å². The number of ether oxygens (including phenoxy) is 1. The average Bonchev–Trinajstić information content (AvgIpc) is 2.69. The van der Waals surface area contributed by atoms with Gasteiger partial charge in [0.05, 0.1) is 6.61 Å². The molecule has 2 rings (SSSR count). The molecule has 0 heterocycles. The fourth-order valence-electron chi connectivity index (χ4n) is 2.54. The van der Waals surface area contributed by atoms with Crippen molar-refractivity contribution in [1.82, 2.24) is 5.32 Å². The normalized spacial score (nSPS) is 21.9. The van der Waals surface area contributed by atoms with Crippen LogP contribution in [0.4, 0.5) is 0 Å². The minimum atomic E-state index is -0.779. The molecule has 0 radical (unpaired) electrons. The zero-order valence-corrected chi connectivity index (χ0v) is 11.1. The van der Waals surface area contributed by atoms with Crippen LogP contribution in [0.15, 0.2) is 18.2 Å². The summed E-state index contributed by atoms with van der Waals surface area (Å²) in [5, 5.41) is 3.91. The van der Waals surface area contributed by atoms with Crippen LogP contribution in [-0.4, -0.2) is 26.2 Å². The van der Waals surface area contributed by atoms with Crippen LogP contribution in [0.3, 0.4) is 0 Å². The lowest BCUT2D eigenvalue weighted by Crippen LogP contribution is -2.52. The van der Waals surface area contributed by atoms with E-state index in [0.29, 0.717) is 24.6 Å². The predicted octanol–water partition coefficient (Wildman–Crippen LogP) is 1.20. The van der Waals surface area contributed by atoms with E-state index in [1.54, 1.807) is 13.2 Å². The third-order valence-electron chi connectivity index (χ3n) is 3.45. The third-order valence-corrected chi connectivity index (χ3v) is 3.69. The highest BCUT2D eigenvalue weighted by atomic mass is 35.5. The summed E-state index contributed by atoms with van der Waals surface area (Å²) in [7, 11) is 1.63. The van der Waals surface area contributed by atoms with Gasteiger partial charge in [0.15, 0.2) is 0 Å². The second kappa shape index (κ2) is 5.26. The summed E-state index contributed by atoms with van der Waals surface area (Å²) < 4.78 is 5.00. The number of carbonyl (C=O) groups is 1. The Hall–Kier alpha value is -1.10. The summed E-state index contributed by atoms with van der Waals surface area (Å²) in [6, 6.07) is 5.58. The first-order valence-electron chi connectivity index (χ1n) is 5.93. The molecule has 98 valence electrons. The van der Waals surface area contributed by atoms with Gasteiger partial charge in [-0.25, -0.2) is 0 Å². The molecule has 1 unspecified atom stereocenters. The molecule has 0 aromatic heterocycles. The van der Waals surface area contributed by atoms with E-state index < -0.39 is 5.54 Å². The molecular weight excluding hydrogens is 252 g/mol. The van der Waals surface area contributed by atoms with Crippen molar-refractivity contribution >= 4 is 17.5 Å². The smallest absolute Gasteiger partial charge is 0.242 e. The lowest BCUT2D eigenvalue weighted by atomic mass is 9.91. The molecule has 3 N–H and O–H groups in total. The number of aryl methyl sites for hydroxylation is 1. The number of primary amides is 1. The Morgan fingerprint density at radius 2 is 2.39 bits per heavy atom. The van der Waals surface area contributed by atoms with Gasteiger partial charge in [-0.3, -0.25) is 10.1 Å². The minimum absolute atomic E-state index is 0.348. The quantitative estimate of drug-likeness (QED) is 0.789. The average molecular weight is 269 g/mol. The zero-order valence-electron chi connectivity index (χ0n) is 10.3. The van der Waals surface area contributed by atoms with Gasteiger partial charge in [-0.1, -0.05) is 17.7 Å². The van der Waals surface area contributed by atoms with Crippen LogP contribution in [0.25, 0.3) is 0 Å².